The van der Waals surface area contributed by atoms with Crippen LogP contribution in [0.3, 0.4) is 0 Å². The Morgan fingerprint density at radius 3 is 2.65 bits per heavy atom. The molecule has 1 spiro atoms. The standard InChI is InChI=1S/C22H19Cl2F2N5O3/c23-15-2-1-13(9-16(15)24)22(25,26)20-30-29-18(34-20)14-11-31(12-21(14)3-7-33-8-4-21)19(32)17-10-27-5-6-28-17/h1-2,5-6,9-10,14H,3-4,7-8,11-12H2. The van der Waals surface area contributed by atoms with Crippen molar-refractivity contribution in [2.75, 3.05) is 26.3 Å². The molecule has 8 nitrogen and oxygen atoms in total. The molecule has 0 bridgehead atoms. The van der Waals surface area contributed by atoms with Gasteiger partial charge in [0.25, 0.3) is 11.8 Å². The Balaban J connectivity index is 1.46. The average molecular weight is 510 g/mol. The number of nitrogens with zero attached hydrogens (tertiary/aromatic N) is 5. The van der Waals surface area contributed by atoms with Gasteiger partial charge in [0.15, 0.2) is 0 Å². The highest BCUT2D eigenvalue weighted by atomic mass is 35.5. The molecule has 0 radical (unpaired) electrons. The van der Waals surface area contributed by atoms with Crippen molar-refractivity contribution in [3.05, 3.63) is 69.9 Å². The highest BCUT2D eigenvalue weighted by molar-refractivity contribution is 6.42. The van der Waals surface area contributed by atoms with E-state index in [4.69, 9.17) is 32.4 Å². The van der Waals surface area contributed by atoms with Crippen LogP contribution in [0.1, 0.15) is 46.6 Å². The number of amides is 1. The molecule has 3 aromatic rings. The minimum absolute atomic E-state index is 0.00584. The quantitative estimate of drug-likeness (QED) is 0.516. The van der Waals surface area contributed by atoms with E-state index in [2.05, 4.69) is 20.2 Å². The number of benzene rings is 1. The Hall–Kier alpha value is -2.69. The van der Waals surface area contributed by atoms with Crippen LogP contribution >= 0.6 is 23.2 Å². The molecule has 1 unspecified atom stereocenters. The molecule has 4 heterocycles. The SMILES string of the molecule is O=C(c1cnccn1)N1CC(c2nnc(C(F)(F)c3ccc(Cl)c(Cl)c3)o2)C2(CCOCC2)C1. The van der Waals surface area contributed by atoms with Crippen LogP contribution in [0.25, 0.3) is 0 Å². The van der Waals surface area contributed by atoms with Crippen molar-refractivity contribution in [1.29, 1.82) is 0 Å². The molecule has 0 aliphatic carbocycles. The molecule has 2 aromatic heterocycles. The van der Waals surface area contributed by atoms with Crippen LogP contribution in [0.4, 0.5) is 8.78 Å². The van der Waals surface area contributed by atoms with E-state index in [9.17, 15) is 4.79 Å². The largest absolute Gasteiger partial charge is 0.419 e. The van der Waals surface area contributed by atoms with Gasteiger partial charge in [-0.05, 0) is 25.0 Å². The minimum atomic E-state index is -3.57. The third-order valence-electron chi connectivity index (χ3n) is 6.50. The molecular formula is C22H19Cl2F2N5O3. The lowest BCUT2D eigenvalue weighted by molar-refractivity contribution is 0.00148. The van der Waals surface area contributed by atoms with Gasteiger partial charge in [0.05, 0.1) is 22.2 Å². The number of hydrogen-bond acceptors (Lipinski definition) is 7. The van der Waals surface area contributed by atoms with Crippen molar-refractivity contribution in [3.8, 4) is 0 Å². The predicted octanol–water partition coefficient (Wildman–Crippen LogP) is 4.34. The molecule has 2 saturated heterocycles. The summed E-state index contributed by atoms with van der Waals surface area (Å²) >= 11 is 11.8. The molecule has 1 atom stereocenters. The molecule has 5 rings (SSSR count). The maximum absolute atomic E-state index is 15.2. The zero-order chi connectivity index (χ0) is 23.9. The van der Waals surface area contributed by atoms with E-state index >= 15 is 8.78 Å². The molecular weight excluding hydrogens is 491 g/mol. The van der Waals surface area contributed by atoms with Gasteiger partial charge in [-0.25, -0.2) is 4.98 Å². The Labute approximate surface area is 203 Å². The van der Waals surface area contributed by atoms with Crippen LogP contribution in [0.15, 0.2) is 41.2 Å². The number of alkyl halides is 2. The van der Waals surface area contributed by atoms with Crippen molar-refractivity contribution in [2.45, 2.75) is 24.7 Å². The van der Waals surface area contributed by atoms with Crippen molar-refractivity contribution >= 4 is 29.1 Å². The van der Waals surface area contributed by atoms with Gasteiger partial charge in [-0.15, -0.1) is 10.2 Å². The van der Waals surface area contributed by atoms with Crippen LogP contribution in [0, 0.1) is 5.41 Å². The molecule has 2 aliphatic heterocycles. The van der Waals surface area contributed by atoms with Crippen molar-refractivity contribution in [3.63, 3.8) is 0 Å². The topological polar surface area (TPSA) is 94.2 Å². The first-order valence-corrected chi connectivity index (χ1v) is 11.4. The Kier molecular flexibility index (Phi) is 5.99. The van der Waals surface area contributed by atoms with E-state index in [0.717, 1.165) is 12.1 Å². The number of ether oxygens (including phenoxy) is 1. The van der Waals surface area contributed by atoms with Gasteiger partial charge >= 0.3 is 5.92 Å². The third kappa shape index (κ3) is 4.03. The summed E-state index contributed by atoms with van der Waals surface area (Å²) in [7, 11) is 0. The first kappa shape index (κ1) is 23.1. The molecule has 1 aromatic carbocycles. The lowest BCUT2D eigenvalue weighted by Gasteiger charge is -2.36. The fraction of sp³-hybridized carbons (Fsp3) is 0.409. The van der Waals surface area contributed by atoms with Gasteiger partial charge in [-0.3, -0.25) is 9.78 Å². The zero-order valence-electron chi connectivity index (χ0n) is 17.8. The summed E-state index contributed by atoms with van der Waals surface area (Å²) in [5.41, 5.74) is -0.634. The fourth-order valence-electron chi connectivity index (χ4n) is 4.64. The van der Waals surface area contributed by atoms with Crippen molar-refractivity contribution in [2.24, 2.45) is 5.41 Å². The third-order valence-corrected chi connectivity index (χ3v) is 7.23. The van der Waals surface area contributed by atoms with Crippen LogP contribution in [0.2, 0.25) is 10.0 Å². The molecule has 2 fully saturated rings. The second kappa shape index (κ2) is 8.83. The van der Waals surface area contributed by atoms with Crippen molar-refractivity contribution in [1.82, 2.24) is 25.1 Å². The smallest absolute Gasteiger partial charge is 0.349 e. The fourth-order valence-corrected chi connectivity index (χ4v) is 4.93. The number of likely N-dealkylation sites (tertiary alicyclic amines) is 1. The second-order valence-electron chi connectivity index (χ2n) is 8.45. The number of halogens is 4. The number of rotatable bonds is 4. The monoisotopic (exact) mass is 509 g/mol. The van der Waals surface area contributed by atoms with Crippen LogP contribution in [0.5, 0.6) is 0 Å². The summed E-state index contributed by atoms with van der Waals surface area (Å²) in [6.45, 7) is 1.61. The second-order valence-corrected chi connectivity index (χ2v) is 9.27. The van der Waals surface area contributed by atoms with Gasteiger partial charge in [-0.1, -0.05) is 29.3 Å². The van der Waals surface area contributed by atoms with Crippen LogP contribution in [-0.4, -0.2) is 57.3 Å². The number of carbonyl (C=O) groups is 1. The molecule has 0 N–H and O–H groups in total. The minimum Gasteiger partial charge on any atom is -0.419 e. The number of hydrogen-bond donors (Lipinski definition) is 0. The number of carbonyl (C=O) groups excluding carboxylic acids is 1. The summed E-state index contributed by atoms with van der Waals surface area (Å²) in [5, 5.41) is 7.80. The molecule has 12 heteroatoms. The zero-order valence-corrected chi connectivity index (χ0v) is 19.3. The Morgan fingerprint density at radius 1 is 1.15 bits per heavy atom. The number of aromatic nitrogens is 4. The highest BCUT2D eigenvalue weighted by Crippen LogP contribution is 2.50. The maximum Gasteiger partial charge on any atom is 0.349 e. The van der Waals surface area contributed by atoms with E-state index in [-0.39, 0.29) is 34.1 Å². The van der Waals surface area contributed by atoms with E-state index < -0.39 is 28.7 Å². The molecule has 1 amide bonds. The highest BCUT2D eigenvalue weighted by Gasteiger charge is 2.52. The normalized spacial score (nSPS) is 20.1. The van der Waals surface area contributed by atoms with E-state index in [1.807, 2.05) is 0 Å². The maximum atomic E-state index is 15.2. The first-order valence-electron chi connectivity index (χ1n) is 10.6. The molecule has 0 saturated carbocycles. The van der Waals surface area contributed by atoms with Gasteiger partial charge < -0.3 is 14.1 Å². The van der Waals surface area contributed by atoms with E-state index in [1.165, 1.54) is 24.7 Å². The molecule has 2 aliphatic rings. The first-order chi connectivity index (χ1) is 16.3. The summed E-state index contributed by atoms with van der Waals surface area (Å²) in [6.07, 6.45) is 5.58. The van der Waals surface area contributed by atoms with Gasteiger partial charge in [-0.2, -0.15) is 8.78 Å². The summed E-state index contributed by atoms with van der Waals surface area (Å²) < 4.78 is 41.4. The Bertz CT molecular complexity index is 1200. The average Bonchev–Trinajstić information content (AvgIpc) is 3.47. The Morgan fingerprint density at radius 2 is 1.94 bits per heavy atom. The lowest BCUT2D eigenvalue weighted by Crippen LogP contribution is -2.37. The van der Waals surface area contributed by atoms with Gasteiger partial charge in [0, 0.05) is 49.7 Å². The predicted molar refractivity (Wildman–Crippen MR) is 117 cm³/mol. The summed E-state index contributed by atoms with van der Waals surface area (Å²) in [6, 6.07) is 3.52. The van der Waals surface area contributed by atoms with Gasteiger partial charge in [0.2, 0.25) is 5.89 Å². The van der Waals surface area contributed by atoms with Crippen molar-refractivity contribution < 1.29 is 22.7 Å². The molecule has 34 heavy (non-hydrogen) atoms. The lowest BCUT2D eigenvalue weighted by atomic mass is 9.72. The summed E-state index contributed by atoms with van der Waals surface area (Å²) in [5.74, 6) is -5.08. The van der Waals surface area contributed by atoms with Gasteiger partial charge in [0.1, 0.15) is 5.69 Å². The summed E-state index contributed by atoms with van der Waals surface area (Å²) in [4.78, 5) is 22.7. The van der Waals surface area contributed by atoms with Crippen LogP contribution in [-0.2, 0) is 10.7 Å². The molecule has 178 valence electrons. The van der Waals surface area contributed by atoms with Crippen LogP contribution < -0.4 is 0 Å². The van der Waals surface area contributed by atoms with E-state index in [0.29, 0.717) is 32.6 Å². The van der Waals surface area contributed by atoms with E-state index in [1.54, 1.807) is 4.90 Å².